The lowest BCUT2D eigenvalue weighted by Gasteiger charge is -2.19. The van der Waals surface area contributed by atoms with E-state index in [0.29, 0.717) is 12.5 Å². The Morgan fingerprint density at radius 1 is 1.57 bits per heavy atom. The van der Waals surface area contributed by atoms with Gasteiger partial charge in [0.15, 0.2) is 0 Å². The van der Waals surface area contributed by atoms with Crippen molar-refractivity contribution < 1.29 is 5.11 Å². The molecule has 0 radical (unpaired) electrons. The maximum Gasteiger partial charge on any atom is 0.0738 e. The molecule has 0 bridgehead atoms. The minimum atomic E-state index is 0.130. The van der Waals surface area contributed by atoms with Crippen LogP contribution in [0, 0.1) is 5.92 Å². The third kappa shape index (κ3) is 2.78. The molecular formula is C9H18N4O. The van der Waals surface area contributed by atoms with Gasteiger partial charge in [0.2, 0.25) is 0 Å². The van der Waals surface area contributed by atoms with Crippen molar-refractivity contribution in [2.24, 2.45) is 13.0 Å². The molecule has 0 aliphatic rings. The van der Waals surface area contributed by atoms with Crippen molar-refractivity contribution in [2.75, 3.05) is 6.61 Å². The van der Waals surface area contributed by atoms with E-state index < -0.39 is 0 Å². The normalized spacial score (nSPS) is 13.5. The molecule has 0 aliphatic heterocycles. The van der Waals surface area contributed by atoms with Gasteiger partial charge in [0.25, 0.3) is 0 Å². The van der Waals surface area contributed by atoms with Gasteiger partial charge in [-0.3, -0.25) is 4.68 Å². The fourth-order valence-electron chi connectivity index (χ4n) is 1.22. The van der Waals surface area contributed by atoms with E-state index in [-0.39, 0.29) is 12.6 Å². The molecule has 14 heavy (non-hydrogen) atoms. The van der Waals surface area contributed by atoms with Gasteiger partial charge in [0.1, 0.15) is 0 Å². The van der Waals surface area contributed by atoms with Crippen LogP contribution in [0.15, 0.2) is 6.20 Å². The Morgan fingerprint density at radius 2 is 2.29 bits per heavy atom. The van der Waals surface area contributed by atoms with Crippen molar-refractivity contribution in [1.82, 2.24) is 20.3 Å². The molecule has 0 aliphatic carbocycles. The molecule has 1 atom stereocenters. The van der Waals surface area contributed by atoms with E-state index in [1.807, 2.05) is 7.05 Å². The molecule has 0 amide bonds. The molecule has 0 fully saturated rings. The van der Waals surface area contributed by atoms with Gasteiger partial charge in [-0.2, -0.15) is 0 Å². The lowest BCUT2D eigenvalue weighted by molar-refractivity contribution is 0.209. The highest BCUT2D eigenvalue weighted by atomic mass is 16.3. The summed E-state index contributed by atoms with van der Waals surface area (Å²) in [7, 11) is 1.85. The number of aromatic nitrogens is 3. The number of hydrogen-bond donors (Lipinski definition) is 2. The highest BCUT2D eigenvalue weighted by Gasteiger charge is 2.11. The minimum Gasteiger partial charge on any atom is -0.395 e. The second kappa shape index (κ2) is 5.07. The van der Waals surface area contributed by atoms with Crippen molar-refractivity contribution in [3.05, 3.63) is 11.9 Å². The van der Waals surface area contributed by atoms with E-state index in [4.69, 9.17) is 5.11 Å². The van der Waals surface area contributed by atoms with E-state index >= 15 is 0 Å². The first kappa shape index (κ1) is 11.1. The van der Waals surface area contributed by atoms with Crippen LogP contribution in [-0.2, 0) is 13.6 Å². The van der Waals surface area contributed by atoms with Crippen LogP contribution in [0.25, 0.3) is 0 Å². The van der Waals surface area contributed by atoms with Crippen LogP contribution in [0.4, 0.5) is 0 Å². The molecule has 5 nitrogen and oxygen atoms in total. The van der Waals surface area contributed by atoms with Crippen LogP contribution in [0.2, 0.25) is 0 Å². The first-order valence-electron chi connectivity index (χ1n) is 4.83. The monoisotopic (exact) mass is 198 g/mol. The highest BCUT2D eigenvalue weighted by Crippen LogP contribution is 2.02. The summed E-state index contributed by atoms with van der Waals surface area (Å²) >= 11 is 0. The maximum absolute atomic E-state index is 9.09. The molecule has 0 saturated heterocycles. The van der Waals surface area contributed by atoms with Crippen molar-refractivity contribution in [3.63, 3.8) is 0 Å². The fourth-order valence-corrected chi connectivity index (χ4v) is 1.22. The zero-order chi connectivity index (χ0) is 10.6. The molecule has 2 N–H and O–H groups in total. The van der Waals surface area contributed by atoms with Gasteiger partial charge in [-0.1, -0.05) is 19.1 Å². The summed E-state index contributed by atoms with van der Waals surface area (Å²) in [5.41, 5.74) is 1.02. The average molecular weight is 198 g/mol. The van der Waals surface area contributed by atoms with Crippen LogP contribution in [0.5, 0.6) is 0 Å². The largest absolute Gasteiger partial charge is 0.395 e. The summed E-state index contributed by atoms with van der Waals surface area (Å²) in [6, 6.07) is 0.130. The maximum atomic E-state index is 9.09. The van der Waals surface area contributed by atoms with Crippen LogP contribution in [0.3, 0.4) is 0 Å². The molecule has 80 valence electrons. The Labute approximate surface area is 84.1 Å². The molecule has 1 aromatic heterocycles. The first-order chi connectivity index (χ1) is 6.65. The van der Waals surface area contributed by atoms with E-state index in [1.165, 1.54) is 0 Å². The Bertz CT molecular complexity index is 272. The van der Waals surface area contributed by atoms with Gasteiger partial charge in [-0.25, -0.2) is 0 Å². The van der Waals surface area contributed by atoms with Crippen LogP contribution in [-0.4, -0.2) is 32.7 Å². The van der Waals surface area contributed by atoms with Crippen LogP contribution < -0.4 is 5.32 Å². The number of nitrogens with zero attached hydrogens (tertiary/aromatic N) is 3. The standard InChI is InChI=1S/C9H18N4O/c1-7(2)9(6-14)10-4-8-5-11-12-13(8)3/h5,7,9-10,14H,4,6H2,1-3H3. The van der Waals surface area contributed by atoms with Crippen molar-refractivity contribution in [1.29, 1.82) is 0 Å². The Balaban J connectivity index is 2.43. The van der Waals surface area contributed by atoms with Crippen molar-refractivity contribution >= 4 is 0 Å². The molecule has 0 aromatic carbocycles. The number of aliphatic hydroxyl groups excluding tert-OH is 1. The smallest absolute Gasteiger partial charge is 0.0738 e. The molecule has 1 aromatic rings. The zero-order valence-corrected chi connectivity index (χ0v) is 8.94. The third-order valence-corrected chi connectivity index (χ3v) is 2.36. The lowest BCUT2D eigenvalue weighted by Crippen LogP contribution is -2.36. The van der Waals surface area contributed by atoms with Gasteiger partial charge in [0, 0.05) is 19.6 Å². The summed E-state index contributed by atoms with van der Waals surface area (Å²) in [6.07, 6.45) is 1.72. The second-order valence-corrected chi connectivity index (χ2v) is 3.76. The second-order valence-electron chi connectivity index (χ2n) is 3.76. The number of aryl methyl sites for hydroxylation is 1. The van der Waals surface area contributed by atoms with Crippen LogP contribution in [0.1, 0.15) is 19.5 Å². The summed E-state index contributed by atoms with van der Waals surface area (Å²) in [6.45, 7) is 5.00. The highest BCUT2D eigenvalue weighted by molar-refractivity contribution is 4.93. The number of aliphatic hydroxyl groups is 1. The summed E-state index contributed by atoms with van der Waals surface area (Å²) in [4.78, 5) is 0. The summed E-state index contributed by atoms with van der Waals surface area (Å²) in [5, 5.41) is 20.0. The van der Waals surface area contributed by atoms with E-state index in [9.17, 15) is 0 Å². The van der Waals surface area contributed by atoms with E-state index in [0.717, 1.165) is 5.69 Å². The van der Waals surface area contributed by atoms with E-state index in [1.54, 1.807) is 10.9 Å². The SMILES string of the molecule is CC(C)C(CO)NCc1cnnn1C. The van der Waals surface area contributed by atoms with Crippen molar-refractivity contribution in [3.8, 4) is 0 Å². The predicted molar refractivity (Wildman–Crippen MR) is 53.6 cm³/mol. The Kier molecular flexibility index (Phi) is 4.03. The third-order valence-electron chi connectivity index (χ3n) is 2.36. The molecule has 1 heterocycles. The topological polar surface area (TPSA) is 63.0 Å². The summed E-state index contributed by atoms with van der Waals surface area (Å²) < 4.78 is 1.72. The molecule has 5 heteroatoms. The van der Waals surface area contributed by atoms with E-state index in [2.05, 4.69) is 29.5 Å². The molecular weight excluding hydrogens is 180 g/mol. The number of rotatable bonds is 5. The lowest BCUT2D eigenvalue weighted by atomic mass is 10.1. The number of nitrogens with one attached hydrogen (secondary N) is 1. The molecule has 1 rings (SSSR count). The van der Waals surface area contributed by atoms with Gasteiger partial charge >= 0.3 is 0 Å². The van der Waals surface area contributed by atoms with Gasteiger partial charge in [0.05, 0.1) is 18.5 Å². The van der Waals surface area contributed by atoms with Gasteiger partial charge in [-0.05, 0) is 5.92 Å². The first-order valence-corrected chi connectivity index (χ1v) is 4.83. The van der Waals surface area contributed by atoms with Crippen LogP contribution >= 0.6 is 0 Å². The fraction of sp³-hybridized carbons (Fsp3) is 0.778. The van der Waals surface area contributed by atoms with Gasteiger partial charge in [-0.15, -0.1) is 5.10 Å². The van der Waals surface area contributed by atoms with Crippen molar-refractivity contribution in [2.45, 2.75) is 26.4 Å². The summed E-state index contributed by atoms with van der Waals surface area (Å²) in [5.74, 6) is 0.418. The molecule has 0 spiro atoms. The zero-order valence-electron chi connectivity index (χ0n) is 8.94. The Hall–Kier alpha value is -0.940. The van der Waals surface area contributed by atoms with Gasteiger partial charge < -0.3 is 10.4 Å². The quantitative estimate of drug-likeness (QED) is 0.694. The minimum absolute atomic E-state index is 0.130. The molecule has 0 saturated carbocycles. The predicted octanol–water partition coefficient (Wildman–Crippen LogP) is -0.0784. The number of hydrogen-bond acceptors (Lipinski definition) is 4. The Morgan fingerprint density at radius 3 is 2.71 bits per heavy atom. The average Bonchev–Trinajstić information content (AvgIpc) is 2.52. The molecule has 1 unspecified atom stereocenters.